The largest absolute Gasteiger partial charge is 0.491 e. The number of nitrogens with one attached hydrogen (secondary N) is 1. The van der Waals surface area contributed by atoms with Crippen LogP contribution in [0.2, 0.25) is 0 Å². The topological polar surface area (TPSA) is 21.3 Å². The summed E-state index contributed by atoms with van der Waals surface area (Å²) in [5, 5.41) is 3.68. The van der Waals surface area contributed by atoms with E-state index in [1.807, 2.05) is 0 Å². The molecule has 0 saturated heterocycles. The van der Waals surface area contributed by atoms with Gasteiger partial charge in [-0.05, 0) is 55.4 Å². The van der Waals surface area contributed by atoms with Crippen molar-refractivity contribution in [3.63, 3.8) is 0 Å². The Hall–Kier alpha value is -1.02. The molecule has 0 saturated carbocycles. The first-order chi connectivity index (χ1) is 8.97. The number of hydrogen-bond acceptors (Lipinski definition) is 2. The molecule has 1 aliphatic rings. The molecular weight excluding hydrogens is 234 g/mol. The number of hydrogen-bond donors (Lipinski definition) is 1. The summed E-state index contributed by atoms with van der Waals surface area (Å²) in [6, 6.07) is 7.09. The van der Waals surface area contributed by atoms with Gasteiger partial charge in [0.05, 0.1) is 6.10 Å². The summed E-state index contributed by atoms with van der Waals surface area (Å²) in [6.07, 6.45) is 1.42. The van der Waals surface area contributed by atoms with E-state index in [0.29, 0.717) is 17.9 Å². The van der Waals surface area contributed by atoms with Gasteiger partial charge in [0, 0.05) is 12.6 Å². The van der Waals surface area contributed by atoms with Gasteiger partial charge in [-0.3, -0.25) is 0 Å². The van der Waals surface area contributed by atoms with Crippen LogP contribution in [0.15, 0.2) is 18.2 Å². The first kappa shape index (κ1) is 14.4. The molecule has 2 rings (SSSR count). The molecule has 1 N–H and O–H groups in total. The number of benzene rings is 1. The van der Waals surface area contributed by atoms with E-state index in [1.165, 1.54) is 17.5 Å². The molecule has 1 heterocycles. The van der Waals surface area contributed by atoms with Gasteiger partial charge in [-0.1, -0.05) is 26.8 Å². The summed E-state index contributed by atoms with van der Waals surface area (Å²) in [6.45, 7) is 12.1. The van der Waals surface area contributed by atoms with E-state index < -0.39 is 0 Å². The normalized spacial score (nSPS) is 22.7. The quantitative estimate of drug-likeness (QED) is 0.874. The van der Waals surface area contributed by atoms with E-state index in [9.17, 15) is 0 Å². The minimum Gasteiger partial charge on any atom is -0.491 e. The van der Waals surface area contributed by atoms with Crippen molar-refractivity contribution in [3.8, 4) is 5.75 Å². The lowest BCUT2D eigenvalue weighted by atomic mass is 9.84. The second-order valence-electron chi connectivity index (χ2n) is 6.45. The zero-order chi connectivity index (χ0) is 14.0. The molecule has 1 aromatic carbocycles. The van der Waals surface area contributed by atoms with Crippen LogP contribution in [0.5, 0.6) is 5.75 Å². The van der Waals surface area contributed by atoms with Crippen LogP contribution in [-0.4, -0.2) is 12.6 Å². The van der Waals surface area contributed by atoms with E-state index in [0.717, 1.165) is 12.3 Å². The molecule has 0 spiro atoms. The first-order valence-electron chi connectivity index (χ1n) is 7.51. The molecule has 19 heavy (non-hydrogen) atoms. The van der Waals surface area contributed by atoms with Crippen LogP contribution >= 0.6 is 0 Å². The minimum atomic E-state index is 0.232. The molecule has 1 aromatic rings. The number of ether oxygens (including phenoxy) is 1. The molecule has 0 radical (unpaired) electrons. The highest BCUT2D eigenvalue weighted by Crippen LogP contribution is 2.35. The van der Waals surface area contributed by atoms with E-state index >= 15 is 0 Å². The van der Waals surface area contributed by atoms with Gasteiger partial charge in [-0.15, -0.1) is 0 Å². The number of fused-ring (bicyclic) bond motifs is 1. The molecule has 0 fully saturated rings. The molecule has 2 nitrogen and oxygen atoms in total. The van der Waals surface area contributed by atoms with E-state index in [4.69, 9.17) is 4.74 Å². The van der Waals surface area contributed by atoms with Crippen LogP contribution in [0, 0.1) is 5.92 Å². The third-order valence-electron chi connectivity index (χ3n) is 3.71. The Labute approximate surface area is 117 Å². The molecule has 106 valence electrons. The van der Waals surface area contributed by atoms with Crippen molar-refractivity contribution < 1.29 is 4.74 Å². The summed E-state index contributed by atoms with van der Waals surface area (Å²) in [7, 11) is 0. The third-order valence-corrected chi connectivity index (χ3v) is 3.71. The highest BCUT2D eigenvalue weighted by Gasteiger charge is 2.25. The summed E-state index contributed by atoms with van der Waals surface area (Å²) in [4.78, 5) is 0. The van der Waals surface area contributed by atoms with Gasteiger partial charge in [0.15, 0.2) is 0 Å². The van der Waals surface area contributed by atoms with E-state index in [-0.39, 0.29) is 6.10 Å². The molecule has 1 aliphatic heterocycles. The molecule has 2 unspecified atom stereocenters. The monoisotopic (exact) mass is 261 g/mol. The Morgan fingerprint density at radius 1 is 1.21 bits per heavy atom. The van der Waals surface area contributed by atoms with Crippen molar-refractivity contribution in [3.05, 3.63) is 29.3 Å². The molecular formula is C17H27NO. The van der Waals surface area contributed by atoms with Gasteiger partial charge >= 0.3 is 0 Å². The van der Waals surface area contributed by atoms with E-state index in [1.54, 1.807) is 0 Å². The molecule has 0 amide bonds. The zero-order valence-corrected chi connectivity index (χ0v) is 12.9. The maximum absolute atomic E-state index is 5.84. The lowest BCUT2D eigenvalue weighted by Gasteiger charge is -2.32. The van der Waals surface area contributed by atoms with E-state index in [2.05, 4.69) is 58.1 Å². The Kier molecular flexibility index (Phi) is 4.51. The average molecular weight is 261 g/mol. The molecule has 0 aromatic heterocycles. The van der Waals surface area contributed by atoms with Crippen LogP contribution < -0.4 is 10.1 Å². The first-order valence-corrected chi connectivity index (χ1v) is 7.51. The highest BCUT2D eigenvalue weighted by atomic mass is 16.5. The zero-order valence-electron chi connectivity index (χ0n) is 12.9. The van der Waals surface area contributed by atoms with Gasteiger partial charge in [0.25, 0.3) is 0 Å². The van der Waals surface area contributed by atoms with Crippen LogP contribution in [0.25, 0.3) is 0 Å². The lowest BCUT2D eigenvalue weighted by molar-refractivity contribution is 0.241. The smallest absolute Gasteiger partial charge is 0.120 e. The van der Waals surface area contributed by atoms with Crippen LogP contribution in [0.4, 0.5) is 0 Å². The molecule has 0 aliphatic carbocycles. The van der Waals surface area contributed by atoms with Gasteiger partial charge in [-0.25, -0.2) is 0 Å². The standard InChI is InChI=1S/C17H27NO/c1-11(2)8-17-16-9-14(19-12(3)4)6-7-15(16)13(5)10-18-17/h6-7,9,11-13,17-18H,8,10H2,1-5H3. The fourth-order valence-electron chi connectivity index (χ4n) is 2.87. The average Bonchev–Trinajstić information content (AvgIpc) is 2.31. The van der Waals surface area contributed by atoms with Crippen LogP contribution in [-0.2, 0) is 0 Å². The predicted octanol–water partition coefficient (Wildman–Crippen LogP) is 4.27. The summed E-state index contributed by atoms with van der Waals surface area (Å²) in [5.41, 5.74) is 2.92. The second-order valence-corrected chi connectivity index (χ2v) is 6.45. The second kappa shape index (κ2) is 5.96. The Bertz CT molecular complexity index is 425. The molecule has 2 atom stereocenters. The SMILES string of the molecule is CC(C)CC1NCC(C)c2ccc(OC(C)C)cc21. The Morgan fingerprint density at radius 2 is 1.95 bits per heavy atom. The third kappa shape index (κ3) is 3.50. The predicted molar refractivity (Wildman–Crippen MR) is 80.8 cm³/mol. The molecule has 2 heteroatoms. The Balaban J connectivity index is 2.30. The Morgan fingerprint density at radius 3 is 2.58 bits per heavy atom. The van der Waals surface area contributed by atoms with Gasteiger partial charge in [0.1, 0.15) is 5.75 Å². The minimum absolute atomic E-state index is 0.232. The van der Waals surface area contributed by atoms with Crippen molar-refractivity contribution in [1.82, 2.24) is 5.32 Å². The van der Waals surface area contributed by atoms with Crippen molar-refractivity contribution in [2.24, 2.45) is 5.92 Å². The van der Waals surface area contributed by atoms with Gasteiger partial charge < -0.3 is 10.1 Å². The fourth-order valence-corrected chi connectivity index (χ4v) is 2.87. The summed E-state index contributed by atoms with van der Waals surface area (Å²) >= 11 is 0. The molecule has 0 bridgehead atoms. The van der Waals surface area contributed by atoms with Crippen molar-refractivity contribution in [2.75, 3.05) is 6.54 Å². The van der Waals surface area contributed by atoms with Gasteiger partial charge in [0.2, 0.25) is 0 Å². The summed E-state index contributed by atoms with van der Waals surface area (Å²) in [5.74, 6) is 2.29. The fraction of sp³-hybridized carbons (Fsp3) is 0.647. The van der Waals surface area contributed by atoms with Gasteiger partial charge in [-0.2, -0.15) is 0 Å². The van der Waals surface area contributed by atoms with Crippen molar-refractivity contribution >= 4 is 0 Å². The lowest BCUT2D eigenvalue weighted by Crippen LogP contribution is -2.32. The maximum atomic E-state index is 5.84. The van der Waals surface area contributed by atoms with Crippen molar-refractivity contribution in [2.45, 2.75) is 59.1 Å². The van der Waals surface area contributed by atoms with Crippen molar-refractivity contribution in [1.29, 1.82) is 0 Å². The van der Waals surface area contributed by atoms with Crippen LogP contribution in [0.3, 0.4) is 0 Å². The van der Waals surface area contributed by atoms with Crippen LogP contribution in [0.1, 0.15) is 64.1 Å². The number of rotatable bonds is 4. The maximum Gasteiger partial charge on any atom is 0.120 e. The summed E-state index contributed by atoms with van der Waals surface area (Å²) < 4.78 is 5.84. The highest BCUT2D eigenvalue weighted by molar-refractivity contribution is 5.41.